The number of para-hydroxylation sites is 1. The fourth-order valence-corrected chi connectivity index (χ4v) is 4.24. The average Bonchev–Trinajstić information content (AvgIpc) is 3.13. The molecule has 8 nitrogen and oxygen atoms in total. The van der Waals surface area contributed by atoms with E-state index in [1.807, 2.05) is 30.3 Å². The Morgan fingerprint density at radius 2 is 1.75 bits per heavy atom. The molecule has 0 aliphatic heterocycles. The molecular weight excluding hydrogens is 428 g/mol. The predicted octanol–water partition coefficient (Wildman–Crippen LogP) is 3.86. The number of ether oxygens (including phenoxy) is 1. The van der Waals surface area contributed by atoms with Crippen LogP contribution in [0.25, 0.3) is 10.2 Å². The van der Waals surface area contributed by atoms with Gasteiger partial charge in [-0.1, -0.05) is 18.2 Å². The third-order valence-corrected chi connectivity index (χ3v) is 6.21. The number of primary amides is 1. The molecule has 9 heteroatoms. The van der Waals surface area contributed by atoms with Crippen LogP contribution in [0, 0.1) is 6.92 Å². The van der Waals surface area contributed by atoms with Crippen molar-refractivity contribution in [1.82, 2.24) is 9.55 Å². The van der Waals surface area contributed by atoms with Crippen LogP contribution in [0.5, 0.6) is 11.5 Å². The van der Waals surface area contributed by atoms with Gasteiger partial charge in [0.2, 0.25) is 5.91 Å². The van der Waals surface area contributed by atoms with E-state index in [-0.39, 0.29) is 10.8 Å². The van der Waals surface area contributed by atoms with Crippen LogP contribution in [0.15, 0.2) is 65.7 Å². The zero-order valence-corrected chi connectivity index (χ0v) is 18.2. The predicted molar refractivity (Wildman–Crippen MR) is 123 cm³/mol. The molecule has 3 N–H and O–H groups in total. The van der Waals surface area contributed by atoms with Gasteiger partial charge < -0.3 is 15.8 Å². The number of nitrogens with one attached hydrogen (secondary N) is 1. The average molecular weight is 449 g/mol. The van der Waals surface area contributed by atoms with Gasteiger partial charge in [0.15, 0.2) is 0 Å². The molecule has 2 aromatic heterocycles. The lowest BCUT2D eigenvalue weighted by Crippen LogP contribution is -2.31. The molecular formula is C23H20N4O4S. The highest BCUT2D eigenvalue weighted by Gasteiger charge is 2.22. The van der Waals surface area contributed by atoms with E-state index in [9.17, 15) is 14.4 Å². The standard InChI is InChI=1S/C23H20N4O4S/c1-13-18-22(32-19(13)20(24)28)25-12-27(23(18)30)14(2)21(29)26-15-8-10-17(11-9-15)31-16-6-4-3-5-7-16/h3-12,14H,1-2H3,(H2,24,28)(H,26,29). The van der Waals surface area contributed by atoms with Gasteiger partial charge in [0.05, 0.1) is 16.6 Å². The van der Waals surface area contributed by atoms with Gasteiger partial charge in [-0.25, -0.2) is 4.98 Å². The zero-order chi connectivity index (χ0) is 22.8. The summed E-state index contributed by atoms with van der Waals surface area (Å²) in [7, 11) is 0. The van der Waals surface area contributed by atoms with Gasteiger partial charge in [-0.3, -0.25) is 19.0 Å². The minimum absolute atomic E-state index is 0.289. The highest BCUT2D eigenvalue weighted by Crippen LogP contribution is 2.27. The first-order valence-corrected chi connectivity index (χ1v) is 10.6. The molecule has 2 amide bonds. The Labute approximate surface area is 187 Å². The van der Waals surface area contributed by atoms with Crippen molar-refractivity contribution in [2.24, 2.45) is 5.73 Å². The number of benzene rings is 2. The van der Waals surface area contributed by atoms with Crippen LogP contribution >= 0.6 is 11.3 Å². The van der Waals surface area contributed by atoms with Gasteiger partial charge in [-0.15, -0.1) is 11.3 Å². The summed E-state index contributed by atoms with van der Waals surface area (Å²) in [6, 6.07) is 15.5. The molecule has 0 aliphatic rings. The van der Waals surface area contributed by atoms with Crippen molar-refractivity contribution >= 4 is 39.1 Å². The summed E-state index contributed by atoms with van der Waals surface area (Å²) in [6.07, 6.45) is 1.31. The Bertz CT molecular complexity index is 1360. The van der Waals surface area contributed by atoms with Crippen LogP contribution in [-0.2, 0) is 4.79 Å². The van der Waals surface area contributed by atoms with Crippen LogP contribution in [0.3, 0.4) is 0 Å². The van der Waals surface area contributed by atoms with E-state index in [2.05, 4.69) is 10.3 Å². The summed E-state index contributed by atoms with van der Waals surface area (Å²) < 4.78 is 6.99. The summed E-state index contributed by atoms with van der Waals surface area (Å²) in [4.78, 5) is 42.3. The minimum atomic E-state index is -0.823. The molecule has 1 unspecified atom stereocenters. The fraction of sp³-hybridized carbons (Fsp3) is 0.130. The normalized spacial score (nSPS) is 11.8. The van der Waals surface area contributed by atoms with E-state index in [0.29, 0.717) is 33.0 Å². The number of amides is 2. The van der Waals surface area contributed by atoms with E-state index in [0.717, 1.165) is 11.3 Å². The maximum Gasteiger partial charge on any atom is 0.263 e. The van der Waals surface area contributed by atoms with Crippen LogP contribution in [0.2, 0.25) is 0 Å². The molecule has 0 fully saturated rings. The number of fused-ring (bicyclic) bond motifs is 1. The number of nitrogens with zero attached hydrogens (tertiary/aromatic N) is 2. The van der Waals surface area contributed by atoms with E-state index < -0.39 is 17.5 Å². The monoisotopic (exact) mass is 448 g/mol. The van der Waals surface area contributed by atoms with Crippen molar-refractivity contribution in [2.45, 2.75) is 19.9 Å². The summed E-state index contributed by atoms with van der Waals surface area (Å²) in [6.45, 7) is 3.25. The second kappa shape index (κ2) is 8.64. The van der Waals surface area contributed by atoms with Crippen molar-refractivity contribution in [1.29, 1.82) is 0 Å². The third-order valence-electron chi connectivity index (χ3n) is 5.00. The number of carbonyl (C=O) groups is 2. The van der Waals surface area contributed by atoms with Crippen molar-refractivity contribution < 1.29 is 14.3 Å². The fourth-order valence-electron chi connectivity index (χ4n) is 3.25. The molecule has 0 spiro atoms. The minimum Gasteiger partial charge on any atom is -0.457 e. The van der Waals surface area contributed by atoms with E-state index in [1.54, 1.807) is 38.1 Å². The lowest BCUT2D eigenvalue weighted by atomic mass is 10.2. The number of nitrogens with two attached hydrogens (primary N) is 1. The largest absolute Gasteiger partial charge is 0.457 e. The topological polar surface area (TPSA) is 116 Å². The smallest absolute Gasteiger partial charge is 0.263 e. The Morgan fingerprint density at radius 1 is 1.09 bits per heavy atom. The molecule has 32 heavy (non-hydrogen) atoms. The zero-order valence-electron chi connectivity index (χ0n) is 17.4. The number of aryl methyl sites for hydroxylation is 1. The first kappa shape index (κ1) is 21.3. The van der Waals surface area contributed by atoms with Crippen LogP contribution in [-0.4, -0.2) is 21.4 Å². The maximum absolute atomic E-state index is 13.0. The van der Waals surface area contributed by atoms with Crippen LogP contribution < -0.4 is 21.3 Å². The summed E-state index contributed by atoms with van der Waals surface area (Å²) in [5.74, 6) is 0.351. The number of rotatable bonds is 6. The molecule has 0 saturated heterocycles. The maximum atomic E-state index is 13.0. The molecule has 4 aromatic rings. The molecule has 0 radical (unpaired) electrons. The first-order chi connectivity index (χ1) is 15.3. The molecule has 2 aromatic carbocycles. The number of thiophene rings is 1. The summed E-state index contributed by atoms with van der Waals surface area (Å²) in [5.41, 5.74) is 6.02. The van der Waals surface area contributed by atoms with Crippen LogP contribution in [0.4, 0.5) is 5.69 Å². The lowest BCUT2D eigenvalue weighted by Gasteiger charge is -2.15. The lowest BCUT2D eigenvalue weighted by molar-refractivity contribution is -0.118. The van der Waals surface area contributed by atoms with Gasteiger partial charge in [-0.2, -0.15) is 0 Å². The molecule has 0 bridgehead atoms. The number of aromatic nitrogens is 2. The van der Waals surface area contributed by atoms with Crippen molar-refractivity contribution in [3.8, 4) is 11.5 Å². The van der Waals surface area contributed by atoms with Gasteiger partial charge in [0.1, 0.15) is 22.4 Å². The van der Waals surface area contributed by atoms with Gasteiger partial charge >= 0.3 is 0 Å². The Hall–Kier alpha value is -3.98. The SMILES string of the molecule is Cc1c(C(N)=O)sc2ncn(C(C)C(=O)Nc3ccc(Oc4ccccc4)cc3)c(=O)c12. The number of carbonyl (C=O) groups excluding carboxylic acids is 2. The highest BCUT2D eigenvalue weighted by atomic mass is 32.1. The summed E-state index contributed by atoms with van der Waals surface area (Å²) in [5, 5.41) is 3.09. The molecule has 2 heterocycles. The van der Waals surface area contributed by atoms with Crippen molar-refractivity contribution in [2.75, 3.05) is 5.32 Å². The molecule has 0 saturated carbocycles. The van der Waals surface area contributed by atoms with Gasteiger partial charge in [0.25, 0.3) is 11.5 Å². The van der Waals surface area contributed by atoms with E-state index >= 15 is 0 Å². The van der Waals surface area contributed by atoms with Crippen LogP contribution in [0.1, 0.15) is 28.2 Å². The van der Waals surface area contributed by atoms with E-state index in [1.165, 1.54) is 10.9 Å². The first-order valence-electron chi connectivity index (χ1n) is 9.79. The Morgan fingerprint density at radius 3 is 2.41 bits per heavy atom. The van der Waals surface area contributed by atoms with E-state index in [4.69, 9.17) is 10.5 Å². The number of hydrogen-bond acceptors (Lipinski definition) is 6. The molecule has 162 valence electrons. The molecule has 0 aliphatic carbocycles. The number of hydrogen-bond donors (Lipinski definition) is 2. The van der Waals surface area contributed by atoms with Gasteiger partial charge in [0, 0.05) is 5.69 Å². The quantitative estimate of drug-likeness (QED) is 0.465. The van der Waals surface area contributed by atoms with Crippen molar-refractivity contribution in [3.05, 3.63) is 81.7 Å². The molecule has 1 atom stereocenters. The summed E-state index contributed by atoms with van der Waals surface area (Å²) >= 11 is 1.07. The molecule has 4 rings (SSSR count). The third kappa shape index (κ3) is 4.10. The highest BCUT2D eigenvalue weighted by molar-refractivity contribution is 7.20. The van der Waals surface area contributed by atoms with Gasteiger partial charge in [-0.05, 0) is 55.8 Å². The number of anilines is 1. The Kier molecular flexibility index (Phi) is 5.74. The van der Waals surface area contributed by atoms with Crippen molar-refractivity contribution in [3.63, 3.8) is 0 Å². The second-order valence-corrected chi connectivity index (χ2v) is 8.16. The Balaban J connectivity index is 1.52. The second-order valence-electron chi connectivity index (χ2n) is 7.16.